The lowest BCUT2D eigenvalue weighted by Gasteiger charge is -2.18. The summed E-state index contributed by atoms with van der Waals surface area (Å²) in [5.74, 6) is -0.900. The molecule has 0 aromatic heterocycles. The summed E-state index contributed by atoms with van der Waals surface area (Å²) in [7, 11) is 0. The van der Waals surface area contributed by atoms with Gasteiger partial charge in [-0.15, -0.1) is 0 Å². The molecule has 1 rings (SSSR count). The maximum atomic E-state index is 11.4. The molecule has 1 N–H and O–H groups in total. The molecule has 5 heteroatoms. The molecule has 32 heavy (non-hydrogen) atoms. The number of benzene rings is 1. The molecule has 0 aliphatic rings. The summed E-state index contributed by atoms with van der Waals surface area (Å²) >= 11 is 0. The van der Waals surface area contributed by atoms with Crippen LogP contribution in [-0.4, -0.2) is 29.3 Å². The Morgan fingerprint density at radius 3 is 1.91 bits per heavy atom. The summed E-state index contributed by atoms with van der Waals surface area (Å²) in [6, 6.07) is 10.3. The molecule has 0 saturated heterocycles. The van der Waals surface area contributed by atoms with Crippen LogP contribution in [0.25, 0.3) is 0 Å². The van der Waals surface area contributed by atoms with Crippen LogP contribution >= 0.6 is 0 Å². The first-order valence-electron chi connectivity index (χ1n) is 12.6. The molecule has 5 nitrogen and oxygen atoms in total. The Morgan fingerprint density at radius 1 is 0.812 bits per heavy atom. The van der Waals surface area contributed by atoms with Gasteiger partial charge in [-0.3, -0.25) is 9.59 Å². The van der Waals surface area contributed by atoms with Crippen LogP contribution in [0.1, 0.15) is 109 Å². The Kier molecular flexibility index (Phi) is 16.4. The van der Waals surface area contributed by atoms with Crippen LogP contribution in [0.3, 0.4) is 0 Å². The third-order valence-corrected chi connectivity index (χ3v) is 5.84. The first-order valence-corrected chi connectivity index (χ1v) is 12.6. The van der Waals surface area contributed by atoms with Gasteiger partial charge < -0.3 is 14.6 Å². The van der Waals surface area contributed by atoms with E-state index in [4.69, 9.17) is 14.6 Å². The average Bonchev–Trinajstić information content (AvgIpc) is 2.77. The van der Waals surface area contributed by atoms with Gasteiger partial charge in [0.05, 0.1) is 12.7 Å². The molecule has 2 atom stereocenters. The second-order valence-corrected chi connectivity index (χ2v) is 8.75. The fraction of sp³-hybridized carbons (Fsp3) is 0.704. The van der Waals surface area contributed by atoms with E-state index in [2.05, 4.69) is 19.1 Å². The maximum Gasteiger partial charge on any atom is 0.303 e. The van der Waals surface area contributed by atoms with E-state index >= 15 is 0 Å². The predicted octanol–water partition coefficient (Wildman–Crippen LogP) is 7.07. The quantitative estimate of drug-likeness (QED) is 0.171. The highest BCUT2D eigenvalue weighted by Gasteiger charge is 2.12. The van der Waals surface area contributed by atoms with E-state index in [0.29, 0.717) is 12.7 Å². The number of aliphatic carboxylic acids is 1. The van der Waals surface area contributed by atoms with E-state index in [-0.39, 0.29) is 18.5 Å². The van der Waals surface area contributed by atoms with Crippen LogP contribution in [-0.2, 0) is 25.7 Å². The van der Waals surface area contributed by atoms with Gasteiger partial charge >= 0.3 is 11.9 Å². The number of carbonyl (C=O) groups is 2. The van der Waals surface area contributed by atoms with Crippen molar-refractivity contribution in [3.05, 3.63) is 35.9 Å². The molecule has 0 heterocycles. The molecule has 182 valence electrons. The number of unbranched alkanes of at least 4 members (excludes halogenated alkanes) is 7. The molecule has 2 unspecified atom stereocenters. The Labute approximate surface area is 194 Å². The van der Waals surface area contributed by atoms with Gasteiger partial charge in [0, 0.05) is 13.3 Å². The molecule has 0 saturated carbocycles. The largest absolute Gasteiger partial charge is 0.481 e. The number of hydrogen-bond acceptors (Lipinski definition) is 4. The first kappa shape index (κ1) is 28.2. The van der Waals surface area contributed by atoms with Gasteiger partial charge in [0.2, 0.25) is 0 Å². The Hall–Kier alpha value is -1.88. The molecule has 0 aliphatic heterocycles. The molecule has 0 aliphatic carbocycles. The van der Waals surface area contributed by atoms with Crippen molar-refractivity contribution in [2.75, 3.05) is 0 Å². The van der Waals surface area contributed by atoms with Crippen molar-refractivity contribution in [2.24, 2.45) is 0 Å². The highest BCUT2D eigenvalue weighted by molar-refractivity contribution is 5.66. The number of carboxylic acids is 1. The van der Waals surface area contributed by atoms with E-state index in [9.17, 15) is 9.59 Å². The molecule has 0 fully saturated rings. The minimum atomic E-state index is -0.709. The van der Waals surface area contributed by atoms with Crippen molar-refractivity contribution >= 4 is 11.9 Å². The van der Waals surface area contributed by atoms with Crippen molar-refractivity contribution in [1.29, 1.82) is 0 Å². The number of esters is 1. The van der Waals surface area contributed by atoms with Gasteiger partial charge in [0.1, 0.15) is 6.10 Å². The zero-order chi connectivity index (χ0) is 23.4. The Balaban J connectivity index is 2.13. The van der Waals surface area contributed by atoms with Crippen LogP contribution < -0.4 is 0 Å². The number of carbonyl (C=O) groups excluding carboxylic acids is 1. The standard InChI is InChI=1S/C27H44O5/c1-3-25(31-22-24-16-10-8-11-17-24)18-13-9-14-20-26(32-23(2)28)19-12-6-4-5-7-15-21-27(29)30/h8,10-11,16-17,25-26H,3-7,9,12-15,18-22H2,1-2H3,(H,29,30). The lowest BCUT2D eigenvalue weighted by Crippen LogP contribution is -2.16. The first-order chi connectivity index (χ1) is 15.5. The lowest BCUT2D eigenvalue weighted by atomic mass is 10.0. The van der Waals surface area contributed by atoms with Crippen molar-refractivity contribution in [3.63, 3.8) is 0 Å². The highest BCUT2D eigenvalue weighted by atomic mass is 16.5. The average molecular weight is 449 g/mol. The summed E-state index contributed by atoms with van der Waals surface area (Å²) in [6.07, 6.45) is 14.0. The van der Waals surface area contributed by atoms with Crippen LogP contribution in [0.5, 0.6) is 0 Å². The third kappa shape index (κ3) is 15.9. The van der Waals surface area contributed by atoms with Gasteiger partial charge in [-0.1, -0.05) is 75.8 Å². The van der Waals surface area contributed by atoms with Gasteiger partial charge in [0.15, 0.2) is 0 Å². The summed E-state index contributed by atoms with van der Waals surface area (Å²) in [5, 5.41) is 8.65. The van der Waals surface area contributed by atoms with Gasteiger partial charge in [0.25, 0.3) is 0 Å². The number of hydrogen-bond donors (Lipinski definition) is 1. The van der Waals surface area contributed by atoms with E-state index in [1.807, 2.05) is 18.2 Å². The molecule has 0 amide bonds. The Morgan fingerprint density at radius 2 is 1.34 bits per heavy atom. The van der Waals surface area contributed by atoms with Crippen molar-refractivity contribution in [1.82, 2.24) is 0 Å². The van der Waals surface area contributed by atoms with E-state index in [1.165, 1.54) is 12.5 Å². The fourth-order valence-corrected chi connectivity index (χ4v) is 3.97. The normalized spacial score (nSPS) is 12.9. The van der Waals surface area contributed by atoms with Gasteiger partial charge in [-0.2, -0.15) is 0 Å². The fourth-order valence-electron chi connectivity index (χ4n) is 3.97. The van der Waals surface area contributed by atoms with Crippen LogP contribution in [0, 0.1) is 0 Å². The SMILES string of the molecule is CCC(CCCCCC(CCCCCCCCC(=O)O)OC(C)=O)OCc1ccccc1. The zero-order valence-electron chi connectivity index (χ0n) is 20.2. The number of carboxylic acid groups (broad SMARTS) is 1. The highest BCUT2D eigenvalue weighted by Crippen LogP contribution is 2.18. The zero-order valence-corrected chi connectivity index (χ0v) is 20.2. The third-order valence-electron chi connectivity index (χ3n) is 5.84. The minimum absolute atomic E-state index is 0.0239. The summed E-state index contributed by atoms with van der Waals surface area (Å²) in [6.45, 7) is 4.34. The smallest absolute Gasteiger partial charge is 0.303 e. The molecule has 0 spiro atoms. The molecule has 1 aromatic carbocycles. The molecular formula is C27H44O5. The molecule has 0 radical (unpaired) electrons. The molecule has 0 bridgehead atoms. The van der Waals surface area contributed by atoms with E-state index in [0.717, 1.165) is 83.5 Å². The summed E-state index contributed by atoms with van der Waals surface area (Å²) in [4.78, 5) is 21.9. The van der Waals surface area contributed by atoms with E-state index < -0.39 is 5.97 Å². The van der Waals surface area contributed by atoms with Gasteiger partial charge in [-0.25, -0.2) is 0 Å². The predicted molar refractivity (Wildman–Crippen MR) is 129 cm³/mol. The number of ether oxygens (including phenoxy) is 2. The van der Waals surface area contributed by atoms with Crippen molar-refractivity contribution < 1.29 is 24.2 Å². The topological polar surface area (TPSA) is 72.8 Å². The lowest BCUT2D eigenvalue weighted by molar-refractivity contribution is -0.147. The van der Waals surface area contributed by atoms with E-state index in [1.54, 1.807) is 0 Å². The second kappa shape index (κ2) is 18.7. The maximum absolute atomic E-state index is 11.4. The van der Waals surface area contributed by atoms with Crippen molar-refractivity contribution in [3.8, 4) is 0 Å². The Bertz CT molecular complexity index is 601. The van der Waals surface area contributed by atoms with Crippen molar-refractivity contribution in [2.45, 2.75) is 123 Å². The second-order valence-electron chi connectivity index (χ2n) is 8.75. The van der Waals surface area contributed by atoms with Crippen LogP contribution in [0.2, 0.25) is 0 Å². The van der Waals surface area contributed by atoms with Crippen LogP contribution in [0.4, 0.5) is 0 Å². The van der Waals surface area contributed by atoms with Gasteiger partial charge in [-0.05, 0) is 50.5 Å². The van der Waals surface area contributed by atoms with Crippen LogP contribution in [0.15, 0.2) is 30.3 Å². The minimum Gasteiger partial charge on any atom is -0.481 e. The summed E-state index contributed by atoms with van der Waals surface area (Å²) in [5.41, 5.74) is 1.22. The monoisotopic (exact) mass is 448 g/mol. The number of rotatable bonds is 20. The molecular weight excluding hydrogens is 404 g/mol. The summed E-state index contributed by atoms with van der Waals surface area (Å²) < 4.78 is 11.6. The molecule has 1 aromatic rings.